The fourth-order valence-corrected chi connectivity index (χ4v) is 2.63. The van der Waals surface area contributed by atoms with E-state index in [1.54, 1.807) is 13.3 Å². The van der Waals surface area contributed by atoms with Crippen LogP contribution in [-0.4, -0.2) is 12.1 Å². The molecule has 3 heteroatoms. The van der Waals surface area contributed by atoms with Crippen LogP contribution in [0, 0.1) is 0 Å². The molecular weight excluding hydrogens is 286 g/mol. The molecule has 0 amide bonds. The number of hydrogen-bond donors (Lipinski definition) is 0. The molecular formula is C20H15NO2. The first-order valence-corrected chi connectivity index (χ1v) is 7.43. The summed E-state index contributed by atoms with van der Waals surface area (Å²) >= 11 is 0. The Morgan fingerprint density at radius 1 is 0.826 bits per heavy atom. The molecule has 0 aliphatic carbocycles. The molecule has 3 aromatic carbocycles. The van der Waals surface area contributed by atoms with Gasteiger partial charge in [0.2, 0.25) is 5.89 Å². The maximum atomic E-state index is 5.91. The molecule has 0 atom stereocenters. The highest BCUT2D eigenvalue weighted by atomic mass is 16.5. The molecule has 0 spiro atoms. The van der Waals surface area contributed by atoms with Gasteiger partial charge in [-0.15, -0.1) is 0 Å². The Bertz CT molecular complexity index is 958. The summed E-state index contributed by atoms with van der Waals surface area (Å²) in [5, 5.41) is 2.27. The fourth-order valence-electron chi connectivity index (χ4n) is 2.63. The molecule has 0 unspecified atom stereocenters. The number of methoxy groups -OCH3 is 1. The summed E-state index contributed by atoms with van der Waals surface area (Å²) in [4.78, 5) is 4.38. The maximum absolute atomic E-state index is 5.91. The first-order valence-electron chi connectivity index (χ1n) is 7.43. The van der Waals surface area contributed by atoms with Crippen LogP contribution in [0.4, 0.5) is 0 Å². The Hall–Kier alpha value is -3.07. The number of aromatic nitrogens is 1. The normalized spacial score (nSPS) is 10.8. The molecule has 0 N–H and O–H groups in total. The van der Waals surface area contributed by atoms with Crippen molar-refractivity contribution in [1.29, 1.82) is 0 Å². The van der Waals surface area contributed by atoms with Crippen LogP contribution in [0.1, 0.15) is 0 Å². The van der Waals surface area contributed by atoms with Crippen LogP contribution >= 0.6 is 0 Å². The van der Waals surface area contributed by atoms with E-state index >= 15 is 0 Å². The van der Waals surface area contributed by atoms with E-state index in [4.69, 9.17) is 9.15 Å². The summed E-state index contributed by atoms with van der Waals surface area (Å²) in [6.07, 6.45) is 1.77. The Balaban J connectivity index is 1.73. The van der Waals surface area contributed by atoms with Crippen molar-refractivity contribution in [3.63, 3.8) is 0 Å². The van der Waals surface area contributed by atoms with Gasteiger partial charge in [-0.3, -0.25) is 0 Å². The molecule has 112 valence electrons. The second kappa shape index (κ2) is 5.61. The van der Waals surface area contributed by atoms with Crippen molar-refractivity contribution >= 4 is 10.8 Å². The zero-order valence-corrected chi connectivity index (χ0v) is 12.7. The van der Waals surface area contributed by atoms with Crippen molar-refractivity contribution in [3.8, 4) is 28.5 Å². The van der Waals surface area contributed by atoms with Crippen molar-refractivity contribution in [2.75, 3.05) is 7.11 Å². The van der Waals surface area contributed by atoms with Gasteiger partial charge in [0, 0.05) is 11.1 Å². The average Bonchev–Trinajstić information content (AvgIpc) is 3.11. The number of rotatable bonds is 3. The SMILES string of the molecule is COc1ccc2cc(-c3cnc(-c4ccccc4)o3)ccc2c1. The minimum absolute atomic E-state index is 0.635. The minimum atomic E-state index is 0.635. The van der Waals surface area contributed by atoms with Gasteiger partial charge in [0.05, 0.1) is 13.3 Å². The van der Waals surface area contributed by atoms with Crippen LogP contribution < -0.4 is 4.74 Å². The summed E-state index contributed by atoms with van der Waals surface area (Å²) in [5.74, 6) is 2.26. The maximum Gasteiger partial charge on any atom is 0.226 e. The zero-order valence-electron chi connectivity index (χ0n) is 12.7. The van der Waals surface area contributed by atoms with Gasteiger partial charge in [0.1, 0.15) is 5.75 Å². The molecule has 0 fully saturated rings. The van der Waals surface area contributed by atoms with Crippen LogP contribution in [0.3, 0.4) is 0 Å². The number of hydrogen-bond acceptors (Lipinski definition) is 3. The van der Waals surface area contributed by atoms with E-state index in [0.717, 1.165) is 33.4 Å². The Kier molecular flexibility index (Phi) is 3.31. The van der Waals surface area contributed by atoms with Gasteiger partial charge in [-0.2, -0.15) is 0 Å². The highest BCUT2D eigenvalue weighted by molar-refractivity contribution is 5.87. The van der Waals surface area contributed by atoms with Crippen molar-refractivity contribution in [3.05, 3.63) is 72.9 Å². The molecule has 4 aromatic rings. The van der Waals surface area contributed by atoms with E-state index in [1.165, 1.54) is 0 Å². The lowest BCUT2D eigenvalue weighted by Crippen LogP contribution is -1.82. The Labute approximate surface area is 134 Å². The smallest absolute Gasteiger partial charge is 0.226 e. The minimum Gasteiger partial charge on any atom is -0.497 e. The summed E-state index contributed by atoms with van der Waals surface area (Å²) < 4.78 is 11.2. The van der Waals surface area contributed by atoms with Gasteiger partial charge in [-0.25, -0.2) is 4.98 Å². The summed E-state index contributed by atoms with van der Waals surface area (Å²) in [6.45, 7) is 0. The standard InChI is InChI=1S/C20H15NO2/c1-22-18-10-9-15-11-17(8-7-16(15)12-18)19-13-21-20(23-19)14-5-3-2-4-6-14/h2-13H,1H3. The van der Waals surface area contributed by atoms with Gasteiger partial charge in [0.25, 0.3) is 0 Å². The van der Waals surface area contributed by atoms with Crippen molar-refractivity contribution < 1.29 is 9.15 Å². The van der Waals surface area contributed by atoms with E-state index in [0.29, 0.717) is 5.89 Å². The largest absolute Gasteiger partial charge is 0.497 e. The van der Waals surface area contributed by atoms with Crippen molar-refractivity contribution in [2.45, 2.75) is 0 Å². The van der Waals surface area contributed by atoms with Gasteiger partial charge in [-0.05, 0) is 41.1 Å². The fraction of sp³-hybridized carbons (Fsp3) is 0.0500. The molecule has 0 aliphatic heterocycles. The van der Waals surface area contributed by atoms with Gasteiger partial charge >= 0.3 is 0 Å². The van der Waals surface area contributed by atoms with Gasteiger partial charge in [0.15, 0.2) is 5.76 Å². The summed E-state index contributed by atoms with van der Waals surface area (Å²) in [7, 11) is 1.68. The third-order valence-corrected chi connectivity index (χ3v) is 3.86. The van der Waals surface area contributed by atoms with Crippen LogP contribution in [0.5, 0.6) is 5.75 Å². The van der Waals surface area contributed by atoms with Crippen LogP contribution in [0.15, 0.2) is 77.3 Å². The monoisotopic (exact) mass is 301 g/mol. The first kappa shape index (κ1) is 13.6. The third-order valence-electron chi connectivity index (χ3n) is 3.86. The summed E-state index contributed by atoms with van der Waals surface area (Å²) in [5.41, 5.74) is 1.99. The van der Waals surface area contributed by atoms with Crippen molar-refractivity contribution in [2.24, 2.45) is 0 Å². The molecule has 0 aliphatic rings. The molecule has 3 nitrogen and oxygen atoms in total. The van der Waals surface area contributed by atoms with E-state index in [9.17, 15) is 0 Å². The third kappa shape index (κ3) is 2.57. The zero-order chi connectivity index (χ0) is 15.6. The molecule has 23 heavy (non-hydrogen) atoms. The van der Waals surface area contributed by atoms with E-state index in [1.807, 2.05) is 54.6 Å². The molecule has 0 radical (unpaired) electrons. The van der Waals surface area contributed by atoms with Crippen molar-refractivity contribution in [1.82, 2.24) is 4.98 Å². The lowest BCUT2D eigenvalue weighted by molar-refractivity contribution is 0.415. The lowest BCUT2D eigenvalue weighted by Gasteiger charge is -2.04. The molecule has 0 saturated carbocycles. The number of oxazole rings is 1. The Morgan fingerprint density at radius 3 is 2.43 bits per heavy atom. The second-order valence-corrected chi connectivity index (χ2v) is 5.32. The second-order valence-electron chi connectivity index (χ2n) is 5.32. The van der Waals surface area contributed by atoms with E-state index < -0.39 is 0 Å². The van der Waals surface area contributed by atoms with E-state index in [-0.39, 0.29) is 0 Å². The van der Waals surface area contributed by atoms with E-state index in [2.05, 4.69) is 17.1 Å². The number of fused-ring (bicyclic) bond motifs is 1. The highest BCUT2D eigenvalue weighted by Crippen LogP contribution is 2.29. The average molecular weight is 301 g/mol. The van der Waals surface area contributed by atoms with Gasteiger partial charge in [-0.1, -0.05) is 36.4 Å². The highest BCUT2D eigenvalue weighted by Gasteiger charge is 2.09. The van der Waals surface area contributed by atoms with Crippen LogP contribution in [0.25, 0.3) is 33.6 Å². The number of ether oxygens (including phenoxy) is 1. The predicted molar refractivity (Wildman–Crippen MR) is 91.4 cm³/mol. The number of nitrogens with zero attached hydrogens (tertiary/aromatic N) is 1. The Morgan fingerprint density at radius 2 is 1.61 bits per heavy atom. The molecule has 0 bridgehead atoms. The quantitative estimate of drug-likeness (QED) is 0.523. The predicted octanol–water partition coefficient (Wildman–Crippen LogP) is 5.17. The topological polar surface area (TPSA) is 35.3 Å². The van der Waals surface area contributed by atoms with Gasteiger partial charge < -0.3 is 9.15 Å². The van der Waals surface area contributed by atoms with Crippen LogP contribution in [-0.2, 0) is 0 Å². The molecule has 4 rings (SSSR count). The summed E-state index contributed by atoms with van der Waals surface area (Å²) in [6, 6.07) is 22.1. The molecule has 0 saturated heterocycles. The molecule has 1 heterocycles. The molecule has 1 aromatic heterocycles. The number of benzene rings is 3. The van der Waals surface area contributed by atoms with Crippen LogP contribution in [0.2, 0.25) is 0 Å². The first-order chi connectivity index (χ1) is 11.3. The lowest BCUT2D eigenvalue weighted by atomic mass is 10.1.